The van der Waals surface area contributed by atoms with Crippen LogP contribution in [0.3, 0.4) is 0 Å². The third kappa shape index (κ3) is 5.03. The molecule has 0 saturated carbocycles. The second-order valence-corrected chi connectivity index (χ2v) is 9.89. The van der Waals surface area contributed by atoms with Gasteiger partial charge in [-0.25, -0.2) is 0 Å². The van der Waals surface area contributed by atoms with Crippen molar-refractivity contribution in [2.24, 2.45) is 0 Å². The third-order valence-corrected chi connectivity index (χ3v) is 7.01. The maximum atomic E-state index is 13.5. The zero-order valence-corrected chi connectivity index (χ0v) is 22.2. The maximum Gasteiger partial charge on any atom is 0.225 e. The Morgan fingerprint density at radius 1 is 0.886 bits per heavy atom. The van der Waals surface area contributed by atoms with Crippen LogP contribution in [-0.4, -0.2) is 39.1 Å². The number of ketones is 1. The molecule has 0 radical (unpaired) electrons. The number of methoxy groups -OCH3 is 3. The molecule has 0 fully saturated rings. The SMILES string of the molecule is COc1cc(C2CC(=O)C3=C(C2)NC(=O)CC3c2cc(Br)c(OC)c(OC)c2)ccc1OC(C)C. The van der Waals surface area contributed by atoms with E-state index in [1.54, 1.807) is 21.3 Å². The molecule has 2 atom stereocenters. The van der Waals surface area contributed by atoms with Gasteiger partial charge in [-0.15, -0.1) is 0 Å². The van der Waals surface area contributed by atoms with Crippen LogP contribution in [0, 0.1) is 0 Å². The molecule has 4 rings (SSSR count). The molecule has 1 heterocycles. The Balaban J connectivity index is 1.69. The first kappa shape index (κ1) is 25.1. The van der Waals surface area contributed by atoms with Gasteiger partial charge in [0.25, 0.3) is 0 Å². The van der Waals surface area contributed by atoms with Crippen molar-refractivity contribution in [3.8, 4) is 23.0 Å². The predicted molar refractivity (Wildman–Crippen MR) is 136 cm³/mol. The van der Waals surface area contributed by atoms with Crippen LogP contribution in [0.5, 0.6) is 23.0 Å². The molecule has 186 valence electrons. The minimum absolute atomic E-state index is 0.0183. The molecule has 1 aliphatic heterocycles. The van der Waals surface area contributed by atoms with E-state index < -0.39 is 0 Å². The molecule has 0 saturated heterocycles. The number of allylic oxidation sites excluding steroid dienone is 2. The molecular formula is C27H30BrNO6. The number of amides is 1. The Bertz CT molecular complexity index is 1190. The van der Waals surface area contributed by atoms with Crippen molar-refractivity contribution in [1.82, 2.24) is 5.32 Å². The number of rotatable bonds is 7. The van der Waals surface area contributed by atoms with E-state index in [0.717, 1.165) is 11.1 Å². The van der Waals surface area contributed by atoms with Gasteiger partial charge in [-0.2, -0.15) is 0 Å². The van der Waals surface area contributed by atoms with Crippen LogP contribution in [0.1, 0.15) is 56.1 Å². The van der Waals surface area contributed by atoms with Gasteiger partial charge in [-0.3, -0.25) is 9.59 Å². The summed E-state index contributed by atoms with van der Waals surface area (Å²) in [6.45, 7) is 3.92. The number of ether oxygens (including phenoxy) is 4. The molecule has 0 aromatic heterocycles. The van der Waals surface area contributed by atoms with Crippen molar-refractivity contribution in [2.45, 2.75) is 51.0 Å². The predicted octanol–water partition coefficient (Wildman–Crippen LogP) is 5.27. The van der Waals surface area contributed by atoms with Gasteiger partial charge in [0.2, 0.25) is 5.91 Å². The van der Waals surface area contributed by atoms with Crippen molar-refractivity contribution in [3.05, 3.63) is 57.2 Å². The minimum atomic E-state index is -0.348. The third-order valence-electron chi connectivity index (χ3n) is 6.42. The lowest BCUT2D eigenvalue weighted by atomic mass is 9.73. The molecule has 2 unspecified atom stereocenters. The van der Waals surface area contributed by atoms with Crippen LogP contribution in [-0.2, 0) is 9.59 Å². The highest BCUT2D eigenvalue weighted by Crippen LogP contribution is 2.46. The van der Waals surface area contributed by atoms with Crippen LogP contribution in [0.4, 0.5) is 0 Å². The van der Waals surface area contributed by atoms with Crippen LogP contribution in [0.15, 0.2) is 46.1 Å². The van der Waals surface area contributed by atoms with E-state index in [2.05, 4.69) is 21.2 Å². The first-order valence-corrected chi connectivity index (χ1v) is 12.4. The average molecular weight is 544 g/mol. The van der Waals surface area contributed by atoms with E-state index in [-0.39, 0.29) is 36.1 Å². The summed E-state index contributed by atoms with van der Waals surface area (Å²) in [7, 11) is 4.74. The molecule has 8 heteroatoms. The molecule has 2 aromatic rings. The lowest BCUT2D eigenvalue weighted by Crippen LogP contribution is -2.38. The van der Waals surface area contributed by atoms with Gasteiger partial charge in [0.15, 0.2) is 28.8 Å². The van der Waals surface area contributed by atoms with Gasteiger partial charge in [0, 0.05) is 30.0 Å². The molecule has 1 N–H and O–H groups in total. The Hall–Kier alpha value is -3.00. The Kier molecular flexibility index (Phi) is 7.40. The highest BCUT2D eigenvalue weighted by Gasteiger charge is 2.39. The molecule has 1 amide bonds. The molecule has 0 bridgehead atoms. The van der Waals surface area contributed by atoms with Crippen LogP contribution >= 0.6 is 15.9 Å². The molecule has 35 heavy (non-hydrogen) atoms. The quantitative estimate of drug-likeness (QED) is 0.512. The number of carbonyl (C=O) groups is 2. The van der Waals surface area contributed by atoms with Gasteiger partial charge < -0.3 is 24.3 Å². The number of halogens is 1. The summed E-state index contributed by atoms with van der Waals surface area (Å²) in [5.74, 6) is 1.92. The standard InChI is InChI=1S/C27H30BrNO6/c1-14(2)35-22-7-6-15(11-23(22)32-3)16-9-20-26(21(30)10-16)18(13-25(31)29-20)17-8-19(28)27(34-5)24(12-17)33-4/h6-8,11-12,14,16,18H,9-10,13H2,1-5H3,(H,29,31). The van der Waals surface area contributed by atoms with Gasteiger partial charge in [-0.1, -0.05) is 6.07 Å². The van der Waals surface area contributed by atoms with Crippen LogP contribution in [0.2, 0.25) is 0 Å². The Morgan fingerprint density at radius 2 is 1.60 bits per heavy atom. The second kappa shape index (κ2) is 10.3. The number of nitrogens with one attached hydrogen (secondary N) is 1. The van der Waals surface area contributed by atoms with Crippen molar-refractivity contribution in [2.75, 3.05) is 21.3 Å². The largest absolute Gasteiger partial charge is 0.493 e. The van der Waals surface area contributed by atoms with Gasteiger partial charge in [-0.05, 0) is 77.5 Å². The zero-order valence-electron chi connectivity index (χ0n) is 20.6. The van der Waals surface area contributed by atoms with Crippen molar-refractivity contribution in [1.29, 1.82) is 0 Å². The van der Waals surface area contributed by atoms with E-state index >= 15 is 0 Å². The van der Waals surface area contributed by atoms with Crippen molar-refractivity contribution in [3.63, 3.8) is 0 Å². The highest BCUT2D eigenvalue weighted by atomic mass is 79.9. The smallest absolute Gasteiger partial charge is 0.225 e. The fraction of sp³-hybridized carbons (Fsp3) is 0.407. The molecule has 2 aliphatic rings. The van der Waals surface area contributed by atoms with E-state index in [1.807, 2.05) is 44.2 Å². The van der Waals surface area contributed by atoms with Crippen LogP contribution in [0.25, 0.3) is 0 Å². The lowest BCUT2D eigenvalue weighted by Gasteiger charge is -2.35. The summed E-state index contributed by atoms with van der Waals surface area (Å²) in [5, 5.41) is 2.98. The van der Waals surface area contributed by atoms with Gasteiger partial charge >= 0.3 is 0 Å². The van der Waals surface area contributed by atoms with Crippen LogP contribution < -0.4 is 24.3 Å². The van der Waals surface area contributed by atoms with E-state index in [0.29, 0.717) is 51.6 Å². The number of Topliss-reactive ketones (excluding diaryl/α,β-unsaturated/α-hetero) is 1. The summed E-state index contributed by atoms with van der Waals surface area (Å²) in [5.41, 5.74) is 3.18. The van der Waals surface area contributed by atoms with E-state index in [9.17, 15) is 9.59 Å². The summed E-state index contributed by atoms with van der Waals surface area (Å²) in [6, 6.07) is 9.51. The topological polar surface area (TPSA) is 83.1 Å². The minimum Gasteiger partial charge on any atom is -0.493 e. The Labute approximate surface area is 213 Å². The molecule has 2 aromatic carbocycles. The normalized spacial score (nSPS) is 19.9. The first-order chi connectivity index (χ1) is 16.7. The maximum absolute atomic E-state index is 13.5. The lowest BCUT2D eigenvalue weighted by molar-refractivity contribution is -0.122. The van der Waals surface area contributed by atoms with Gasteiger partial charge in [0.05, 0.1) is 31.9 Å². The van der Waals surface area contributed by atoms with E-state index in [1.165, 1.54) is 0 Å². The molecule has 7 nitrogen and oxygen atoms in total. The molecule has 0 spiro atoms. The monoisotopic (exact) mass is 543 g/mol. The molecular weight excluding hydrogens is 514 g/mol. The Morgan fingerprint density at radius 3 is 2.26 bits per heavy atom. The first-order valence-electron chi connectivity index (χ1n) is 11.6. The highest BCUT2D eigenvalue weighted by molar-refractivity contribution is 9.10. The van der Waals surface area contributed by atoms with Gasteiger partial charge in [0.1, 0.15) is 0 Å². The number of carbonyl (C=O) groups excluding carboxylic acids is 2. The second-order valence-electron chi connectivity index (χ2n) is 9.04. The van der Waals surface area contributed by atoms with E-state index in [4.69, 9.17) is 18.9 Å². The van der Waals surface area contributed by atoms with Crippen molar-refractivity contribution >= 4 is 27.6 Å². The fourth-order valence-corrected chi connectivity index (χ4v) is 5.53. The summed E-state index contributed by atoms with van der Waals surface area (Å²) in [6.07, 6.45) is 1.13. The summed E-state index contributed by atoms with van der Waals surface area (Å²) in [4.78, 5) is 26.2. The fourth-order valence-electron chi connectivity index (χ4n) is 4.91. The number of benzene rings is 2. The summed E-state index contributed by atoms with van der Waals surface area (Å²) < 4.78 is 23.0. The molecule has 1 aliphatic carbocycles. The number of hydrogen-bond donors (Lipinski definition) is 1. The summed E-state index contributed by atoms with van der Waals surface area (Å²) >= 11 is 3.53. The average Bonchev–Trinajstić information content (AvgIpc) is 2.82. The van der Waals surface area contributed by atoms with Crippen molar-refractivity contribution < 1.29 is 28.5 Å². The zero-order chi connectivity index (χ0) is 25.3. The number of hydrogen-bond acceptors (Lipinski definition) is 6.